The van der Waals surface area contributed by atoms with Gasteiger partial charge in [0.05, 0.1) is 0 Å². The molecule has 0 aromatic heterocycles. The van der Waals surface area contributed by atoms with Crippen LogP contribution in [0, 0.1) is 17.8 Å². The second-order valence-electron chi connectivity index (χ2n) is 5.94. The van der Waals surface area contributed by atoms with Gasteiger partial charge in [-0.15, -0.1) is 0 Å². The third-order valence-corrected chi connectivity index (χ3v) is 4.51. The van der Waals surface area contributed by atoms with Gasteiger partial charge in [0.1, 0.15) is 0 Å². The smallest absolute Gasteiger partial charge is 0.0391 e. The first-order valence-corrected chi connectivity index (χ1v) is 8.19. The second kappa shape index (κ2) is 11.1. The highest BCUT2D eigenvalue weighted by Crippen LogP contribution is 2.30. The van der Waals surface area contributed by atoms with E-state index in [1.165, 1.54) is 57.8 Å². The van der Waals surface area contributed by atoms with E-state index in [0.29, 0.717) is 0 Å². The zero-order valence-electron chi connectivity index (χ0n) is 13.1. The Morgan fingerprint density at radius 1 is 0.765 bits per heavy atom. The van der Waals surface area contributed by atoms with Crippen molar-refractivity contribution in [2.75, 3.05) is 0 Å². The Morgan fingerprint density at radius 2 is 1.35 bits per heavy atom. The van der Waals surface area contributed by atoms with E-state index in [4.69, 9.17) is 0 Å². The summed E-state index contributed by atoms with van der Waals surface area (Å²) in [5.74, 6) is 2.90. The lowest BCUT2D eigenvalue weighted by molar-refractivity contribution is 0.249. The Morgan fingerprint density at radius 3 is 1.82 bits per heavy atom. The Hall–Kier alpha value is 0. The molecule has 104 valence electrons. The Kier molecular flexibility index (Phi) is 11.1. The highest BCUT2D eigenvalue weighted by molar-refractivity contribution is 4.69. The summed E-state index contributed by atoms with van der Waals surface area (Å²) >= 11 is 0. The minimum absolute atomic E-state index is 0.938. The maximum absolute atomic E-state index is 2.50. The summed E-state index contributed by atoms with van der Waals surface area (Å²) in [6.07, 6.45) is 12.7. The van der Waals surface area contributed by atoms with Crippen LogP contribution in [0.15, 0.2) is 0 Å². The SMILES string of the molecule is CCCCC(CC)CC(C)C(CC)CCCC. The van der Waals surface area contributed by atoms with E-state index in [2.05, 4.69) is 34.6 Å². The molecule has 0 heterocycles. The van der Waals surface area contributed by atoms with Gasteiger partial charge in [0.15, 0.2) is 0 Å². The molecule has 0 aliphatic carbocycles. The summed E-state index contributed by atoms with van der Waals surface area (Å²) in [6.45, 7) is 11.9. The summed E-state index contributed by atoms with van der Waals surface area (Å²) in [7, 11) is 0. The average molecular weight is 240 g/mol. The van der Waals surface area contributed by atoms with E-state index in [9.17, 15) is 0 Å². The van der Waals surface area contributed by atoms with Crippen LogP contribution in [0.5, 0.6) is 0 Å². The minimum Gasteiger partial charge on any atom is -0.0654 e. The molecule has 0 spiro atoms. The molecule has 3 unspecified atom stereocenters. The molecule has 0 saturated heterocycles. The molecule has 0 heteroatoms. The van der Waals surface area contributed by atoms with Crippen molar-refractivity contribution in [3.05, 3.63) is 0 Å². The molecule has 0 bridgehead atoms. The van der Waals surface area contributed by atoms with Crippen LogP contribution in [0.25, 0.3) is 0 Å². The first-order valence-electron chi connectivity index (χ1n) is 8.19. The predicted molar refractivity (Wildman–Crippen MR) is 80.4 cm³/mol. The van der Waals surface area contributed by atoms with Gasteiger partial charge in [0.25, 0.3) is 0 Å². The zero-order valence-corrected chi connectivity index (χ0v) is 13.1. The maximum atomic E-state index is 2.50. The molecule has 0 saturated carbocycles. The molecule has 0 radical (unpaired) electrons. The van der Waals surface area contributed by atoms with Gasteiger partial charge in [-0.3, -0.25) is 0 Å². The second-order valence-corrected chi connectivity index (χ2v) is 5.94. The van der Waals surface area contributed by atoms with Gasteiger partial charge in [-0.2, -0.15) is 0 Å². The van der Waals surface area contributed by atoms with Crippen molar-refractivity contribution in [1.29, 1.82) is 0 Å². The van der Waals surface area contributed by atoms with Gasteiger partial charge >= 0.3 is 0 Å². The molecule has 0 aromatic carbocycles. The molecule has 0 rings (SSSR count). The van der Waals surface area contributed by atoms with Gasteiger partial charge in [0, 0.05) is 0 Å². The van der Waals surface area contributed by atoms with Gasteiger partial charge in [0.2, 0.25) is 0 Å². The monoisotopic (exact) mass is 240 g/mol. The van der Waals surface area contributed by atoms with E-state index in [1.54, 1.807) is 0 Å². The van der Waals surface area contributed by atoms with Crippen molar-refractivity contribution in [3.8, 4) is 0 Å². The highest BCUT2D eigenvalue weighted by Gasteiger charge is 2.18. The van der Waals surface area contributed by atoms with Crippen LogP contribution >= 0.6 is 0 Å². The molecular weight excluding hydrogens is 204 g/mol. The van der Waals surface area contributed by atoms with Gasteiger partial charge in [-0.05, 0) is 24.2 Å². The normalized spacial score (nSPS) is 16.8. The lowest BCUT2D eigenvalue weighted by Crippen LogP contribution is -2.15. The van der Waals surface area contributed by atoms with Crippen molar-refractivity contribution in [3.63, 3.8) is 0 Å². The lowest BCUT2D eigenvalue weighted by Gasteiger charge is -2.26. The van der Waals surface area contributed by atoms with Crippen LogP contribution < -0.4 is 0 Å². The van der Waals surface area contributed by atoms with Crippen LogP contribution in [0.1, 0.15) is 92.4 Å². The molecule has 17 heavy (non-hydrogen) atoms. The van der Waals surface area contributed by atoms with Gasteiger partial charge < -0.3 is 0 Å². The molecule has 0 N–H and O–H groups in total. The van der Waals surface area contributed by atoms with E-state index < -0.39 is 0 Å². The Bertz CT molecular complexity index is 150. The average Bonchev–Trinajstić information content (AvgIpc) is 2.35. The third kappa shape index (κ3) is 7.84. The van der Waals surface area contributed by atoms with E-state index >= 15 is 0 Å². The topological polar surface area (TPSA) is 0 Å². The maximum Gasteiger partial charge on any atom is -0.0391 e. The fourth-order valence-corrected chi connectivity index (χ4v) is 3.06. The molecule has 0 aromatic rings. The largest absolute Gasteiger partial charge is 0.0654 e. The molecule has 0 aliphatic rings. The number of unbranched alkanes of at least 4 members (excludes halogenated alkanes) is 2. The van der Waals surface area contributed by atoms with Crippen LogP contribution in [-0.4, -0.2) is 0 Å². The number of hydrogen-bond donors (Lipinski definition) is 0. The number of rotatable bonds is 11. The van der Waals surface area contributed by atoms with Crippen molar-refractivity contribution in [2.45, 2.75) is 92.4 Å². The first-order chi connectivity index (χ1) is 8.19. The van der Waals surface area contributed by atoms with E-state index in [0.717, 1.165) is 17.8 Å². The lowest BCUT2D eigenvalue weighted by atomic mass is 9.79. The highest BCUT2D eigenvalue weighted by atomic mass is 14.2. The summed E-state index contributed by atoms with van der Waals surface area (Å²) in [4.78, 5) is 0. The van der Waals surface area contributed by atoms with Crippen molar-refractivity contribution < 1.29 is 0 Å². The summed E-state index contributed by atoms with van der Waals surface area (Å²) < 4.78 is 0. The zero-order chi connectivity index (χ0) is 13.1. The molecule has 3 atom stereocenters. The first kappa shape index (κ1) is 17.0. The van der Waals surface area contributed by atoms with Crippen LogP contribution in [-0.2, 0) is 0 Å². The number of hydrogen-bond acceptors (Lipinski definition) is 0. The quantitative estimate of drug-likeness (QED) is 0.389. The van der Waals surface area contributed by atoms with Crippen molar-refractivity contribution >= 4 is 0 Å². The van der Waals surface area contributed by atoms with Gasteiger partial charge in [-0.25, -0.2) is 0 Å². The minimum atomic E-state index is 0.938. The summed E-state index contributed by atoms with van der Waals surface area (Å²) in [5.41, 5.74) is 0. The summed E-state index contributed by atoms with van der Waals surface area (Å²) in [6, 6.07) is 0. The van der Waals surface area contributed by atoms with Crippen molar-refractivity contribution in [1.82, 2.24) is 0 Å². The fourth-order valence-electron chi connectivity index (χ4n) is 3.06. The molecular formula is C17H36. The van der Waals surface area contributed by atoms with Crippen LogP contribution in [0.3, 0.4) is 0 Å². The van der Waals surface area contributed by atoms with Gasteiger partial charge in [-0.1, -0.05) is 86.0 Å². The van der Waals surface area contributed by atoms with Crippen molar-refractivity contribution in [2.24, 2.45) is 17.8 Å². The standard InChI is InChI=1S/C17H36/c1-6-10-12-16(8-3)14-15(5)17(9-4)13-11-7-2/h15-17H,6-14H2,1-5H3. The van der Waals surface area contributed by atoms with Crippen LogP contribution in [0.4, 0.5) is 0 Å². The predicted octanol–water partition coefficient (Wildman–Crippen LogP) is 6.45. The third-order valence-electron chi connectivity index (χ3n) is 4.51. The molecule has 0 nitrogen and oxygen atoms in total. The fraction of sp³-hybridized carbons (Fsp3) is 1.00. The van der Waals surface area contributed by atoms with E-state index in [-0.39, 0.29) is 0 Å². The van der Waals surface area contributed by atoms with Crippen LogP contribution in [0.2, 0.25) is 0 Å². The summed E-state index contributed by atoms with van der Waals surface area (Å²) in [5, 5.41) is 0. The molecule has 0 amide bonds. The Labute approximate surface area is 111 Å². The molecule has 0 aliphatic heterocycles. The Balaban J connectivity index is 4.02. The molecule has 0 fully saturated rings. The van der Waals surface area contributed by atoms with E-state index in [1.807, 2.05) is 0 Å².